The molecule has 0 aliphatic rings. The van der Waals surface area contributed by atoms with Crippen LogP contribution in [-0.2, 0) is 6.54 Å². The SMILES string of the molecule is NCc1nc2cc(Cl)cc(Br)c2o1. The summed E-state index contributed by atoms with van der Waals surface area (Å²) in [6.45, 7) is 0.290. The third kappa shape index (κ3) is 1.57. The van der Waals surface area contributed by atoms with Gasteiger partial charge in [0, 0.05) is 5.02 Å². The number of nitrogens with two attached hydrogens (primary N) is 1. The van der Waals surface area contributed by atoms with Gasteiger partial charge in [-0.2, -0.15) is 0 Å². The third-order valence-corrected chi connectivity index (χ3v) is 2.44. The normalized spacial score (nSPS) is 11.0. The minimum Gasteiger partial charge on any atom is -0.438 e. The lowest BCUT2D eigenvalue weighted by atomic mass is 10.3. The Morgan fingerprint density at radius 1 is 1.54 bits per heavy atom. The molecule has 68 valence electrons. The highest BCUT2D eigenvalue weighted by molar-refractivity contribution is 9.10. The summed E-state index contributed by atoms with van der Waals surface area (Å²) >= 11 is 9.16. The summed E-state index contributed by atoms with van der Waals surface area (Å²) in [7, 11) is 0. The van der Waals surface area contributed by atoms with Gasteiger partial charge < -0.3 is 10.2 Å². The molecule has 0 saturated carbocycles. The number of fused-ring (bicyclic) bond motifs is 1. The van der Waals surface area contributed by atoms with Crippen molar-refractivity contribution < 1.29 is 4.42 Å². The standard InChI is InChI=1S/C8H6BrClN2O/c9-5-1-4(10)2-6-8(5)13-7(3-11)12-6/h1-2H,3,11H2. The zero-order valence-electron chi connectivity index (χ0n) is 6.55. The van der Waals surface area contributed by atoms with Gasteiger partial charge in [0.2, 0.25) is 5.89 Å². The highest BCUT2D eigenvalue weighted by Crippen LogP contribution is 2.28. The van der Waals surface area contributed by atoms with E-state index < -0.39 is 0 Å². The summed E-state index contributed by atoms with van der Waals surface area (Å²) in [5, 5.41) is 0.622. The minimum absolute atomic E-state index is 0.290. The first-order chi connectivity index (χ1) is 6.20. The Bertz CT molecular complexity index is 455. The highest BCUT2D eigenvalue weighted by atomic mass is 79.9. The lowest BCUT2D eigenvalue weighted by Gasteiger charge is -1.91. The number of halogens is 2. The predicted octanol–water partition coefficient (Wildman–Crippen LogP) is 2.70. The quantitative estimate of drug-likeness (QED) is 0.859. The summed E-state index contributed by atoms with van der Waals surface area (Å²) in [5.74, 6) is 0.512. The van der Waals surface area contributed by atoms with Crippen LogP contribution in [0.3, 0.4) is 0 Å². The summed E-state index contributed by atoms with van der Waals surface area (Å²) in [5.41, 5.74) is 6.80. The molecule has 2 aromatic rings. The smallest absolute Gasteiger partial charge is 0.209 e. The zero-order valence-corrected chi connectivity index (χ0v) is 8.89. The molecule has 0 fully saturated rings. The summed E-state index contributed by atoms with van der Waals surface area (Å²) in [4.78, 5) is 4.15. The predicted molar refractivity (Wildman–Crippen MR) is 54.6 cm³/mol. The lowest BCUT2D eigenvalue weighted by Crippen LogP contribution is -1.94. The average Bonchev–Trinajstić information content (AvgIpc) is 2.47. The first-order valence-corrected chi connectivity index (χ1v) is 4.82. The molecule has 0 saturated heterocycles. The molecular formula is C8H6BrClN2O. The molecule has 2 N–H and O–H groups in total. The van der Waals surface area contributed by atoms with E-state index in [-0.39, 0.29) is 0 Å². The van der Waals surface area contributed by atoms with Crippen LogP contribution >= 0.6 is 27.5 Å². The van der Waals surface area contributed by atoms with Crippen LogP contribution in [0.25, 0.3) is 11.1 Å². The van der Waals surface area contributed by atoms with Crippen LogP contribution in [0.4, 0.5) is 0 Å². The molecule has 0 aliphatic carbocycles. The molecule has 0 radical (unpaired) electrons. The Kier molecular flexibility index (Phi) is 2.27. The maximum absolute atomic E-state index is 5.83. The van der Waals surface area contributed by atoms with E-state index in [0.717, 1.165) is 9.99 Å². The third-order valence-electron chi connectivity index (χ3n) is 1.63. The van der Waals surface area contributed by atoms with Gasteiger partial charge in [-0.3, -0.25) is 0 Å². The Labute approximate surface area is 88.0 Å². The second-order valence-corrected chi connectivity index (χ2v) is 3.84. The van der Waals surface area contributed by atoms with Crippen LogP contribution in [0.15, 0.2) is 21.0 Å². The van der Waals surface area contributed by atoms with Gasteiger partial charge in [0.15, 0.2) is 5.58 Å². The van der Waals surface area contributed by atoms with Gasteiger partial charge in [-0.05, 0) is 28.1 Å². The topological polar surface area (TPSA) is 52.0 Å². The van der Waals surface area contributed by atoms with Gasteiger partial charge in [0.05, 0.1) is 11.0 Å². The van der Waals surface area contributed by atoms with Crippen molar-refractivity contribution >= 4 is 38.6 Å². The second kappa shape index (κ2) is 3.29. The summed E-state index contributed by atoms with van der Waals surface area (Å²) in [6.07, 6.45) is 0. The number of aromatic nitrogens is 1. The fourth-order valence-electron chi connectivity index (χ4n) is 1.09. The number of hydrogen-bond acceptors (Lipinski definition) is 3. The number of oxazole rings is 1. The Morgan fingerprint density at radius 3 is 3.00 bits per heavy atom. The van der Waals surface area contributed by atoms with Crippen molar-refractivity contribution in [3.63, 3.8) is 0 Å². The maximum Gasteiger partial charge on any atom is 0.209 e. The number of hydrogen-bond donors (Lipinski definition) is 1. The van der Waals surface area contributed by atoms with Crippen molar-refractivity contribution in [2.75, 3.05) is 0 Å². The highest BCUT2D eigenvalue weighted by Gasteiger charge is 2.08. The molecule has 0 unspecified atom stereocenters. The molecule has 1 aromatic carbocycles. The number of rotatable bonds is 1. The van der Waals surface area contributed by atoms with Crippen LogP contribution < -0.4 is 5.73 Å². The lowest BCUT2D eigenvalue weighted by molar-refractivity contribution is 0.532. The summed E-state index contributed by atoms with van der Waals surface area (Å²) < 4.78 is 6.16. The number of nitrogens with zero attached hydrogens (tertiary/aromatic N) is 1. The molecule has 2 rings (SSSR count). The van der Waals surface area contributed by atoms with Gasteiger partial charge in [0.1, 0.15) is 5.52 Å². The monoisotopic (exact) mass is 260 g/mol. The zero-order chi connectivity index (χ0) is 9.42. The largest absolute Gasteiger partial charge is 0.438 e. The van der Waals surface area contributed by atoms with Gasteiger partial charge in [-0.25, -0.2) is 4.98 Å². The van der Waals surface area contributed by atoms with Crippen LogP contribution in [0.5, 0.6) is 0 Å². The van der Waals surface area contributed by atoms with E-state index >= 15 is 0 Å². The van der Waals surface area contributed by atoms with Gasteiger partial charge in [0.25, 0.3) is 0 Å². The van der Waals surface area contributed by atoms with Crippen molar-refractivity contribution in [1.82, 2.24) is 4.98 Å². The molecule has 0 bridgehead atoms. The van der Waals surface area contributed by atoms with Crippen LogP contribution in [0, 0.1) is 0 Å². The van der Waals surface area contributed by atoms with E-state index in [0.29, 0.717) is 23.0 Å². The molecule has 0 aliphatic heterocycles. The van der Waals surface area contributed by atoms with E-state index in [9.17, 15) is 0 Å². The van der Waals surface area contributed by atoms with E-state index in [1.807, 2.05) is 0 Å². The van der Waals surface area contributed by atoms with Crippen molar-refractivity contribution in [2.24, 2.45) is 5.73 Å². The van der Waals surface area contributed by atoms with Crippen LogP contribution in [0.1, 0.15) is 5.89 Å². The van der Waals surface area contributed by atoms with Crippen LogP contribution in [0.2, 0.25) is 5.02 Å². The molecule has 5 heteroatoms. The molecule has 1 heterocycles. The van der Waals surface area contributed by atoms with Crippen molar-refractivity contribution in [3.05, 3.63) is 27.5 Å². The second-order valence-electron chi connectivity index (χ2n) is 2.55. The molecule has 1 aromatic heterocycles. The molecule has 0 amide bonds. The van der Waals surface area contributed by atoms with Crippen LogP contribution in [-0.4, -0.2) is 4.98 Å². The van der Waals surface area contributed by atoms with E-state index in [1.165, 1.54) is 0 Å². The first-order valence-electron chi connectivity index (χ1n) is 3.65. The van der Waals surface area contributed by atoms with Gasteiger partial charge >= 0.3 is 0 Å². The Balaban J connectivity index is 2.75. The van der Waals surface area contributed by atoms with E-state index in [1.54, 1.807) is 12.1 Å². The van der Waals surface area contributed by atoms with Gasteiger partial charge in [-0.15, -0.1) is 0 Å². The van der Waals surface area contributed by atoms with Crippen molar-refractivity contribution in [3.8, 4) is 0 Å². The maximum atomic E-state index is 5.83. The number of benzene rings is 1. The van der Waals surface area contributed by atoms with E-state index in [4.69, 9.17) is 21.8 Å². The van der Waals surface area contributed by atoms with Gasteiger partial charge in [-0.1, -0.05) is 11.6 Å². The molecule has 13 heavy (non-hydrogen) atoms. The Hall–Kier alpha value is -0.580. The van der Waals surface area contributed by atoms with Crippen molar-refractivity contribution in [2.45, 2.75) is 6.54 Å². The molecular weight excluding hydrogens is 255 g/mol. The fourth-order valence-corrected chi connectivity index (χ4v) is 1.97. The molecule has 0 atom stereocenters. The first kappa shape index (κ1) is 8.99. The van der Waals surface area contributed by atoms with E-state index in [2.05, 4.69) is 20.9 Å². The Morgan fingerprint density at radius 2 is 2.31 bits per heavy atom. The fraction of sp³-hybridized carbons (Fsp3) is 0.125. The van der Waals surface area contributed by atoms with Crippen molar-refractivity contribution in [1.29, 1.82) is 0 Å². The molecule has 3 nitrogen and oxygen atoms in total. The minimum atomic E-state index is 0.290. The average molecular weight is 262 g/mol. The molecule has 0 spiro atoms. The summed E-state index contributed by atoms with van der Waals surface area (Å²) in [6, 6.07) is 3.50.